The molecule has 0 aliphatic heterocycles. The van der Waals surface area contributed by atoms with Crippen molar-refractivity contribution in [3.8, 4) is 11.3 Å². The molecule has 1 aromatic carbocycles. The van der Waals surface area contributed by atoms with Crippen molar-refractivity contribution in [1.82, 2.24) is 10.3 Å². The Balaban J connectivity index is 1.52. The van der Waals surface area contributed by atoms with Crippen molar-refractivity contribution in [3.63, 3.8) is 0 Å². The molecule has 25 heavy (non-hydrogen) atoms. The second-order valence-electron chi connectivity index (χ2n) is 5.36. The summed E-state index contributed by atoms with van der Waals surface area (Å²) >= 11 is 1.59. The number of nitrogens with one attached hydrogen (secondary N) is 2. The molecule has 128 valence electrons. The Kier molecular flexibility index (Phi) is 5.25. The van der Waals surface area contributed by atoms with Gasteiger partial charge in [0, 0.05) is 29.6 Å². The van der Waals surface area contributed by atoms with Crippen LogP contribution in [0.4, 0.5) is 5.69 Å². The minimum atomic E-state index is -0.335. The predicted molar refractivity (Wildman–Crippen MR) is 96.6 cm³/mol. The third-order valence-electron chi connectivity index (χ3n) is 3.44. The van der Waals surface area contributed by atoms with Crippen LogP contribution in [0.2, 0.25) is 0 Å². The number of nitrogens with zero attached hydrogens (tertiary/aromatic N) is 1. The standard InChI is InChI=1S/C18H17N3O3S/c1-12-20-15(11-25-12)13-4-2-5-14(10-13)21-17(22)7-8-19-18(23)16-6-3-9-24-16/h2-6,9-11H,7-8H2,1H3,(H,19,23)(H,21,22). The van der Waals surface area contributed by atoms with E-state index >= 15 is 0 Å². The van der Waals surface area contributed by atoms with Crippen molar-refractivity contribution in [2.24, 2.45) is 0 Å². The Hall–Kier alpha value is -2.93. The van der Waals surface area contributed by atoms with E-state index < -0.39 is 0 Å². The minimum absolute atomic E-state index is 0.173. The highest BCUT2D eigenvalue weighted by molar-refractivity contribution is 7.09. The fraction of sp³-hybridized carbons (Fsp3) is 0.167. The number of benzene rings is 1. The van der Waals surface area contributed by atoms with Crippen LogP contribution in [0.3, 0.4) is 0 Å². The maximum absolute atomic E-state index is 12.0. The van der Waals surface area contributed by atoms with Gasteiger partial charge in [-0.2, -0.15) is 0 Å². The molecule has 6 nitrogen and oxygen atoms in total. The van der Waals surface area contributed by atoms with Gasteiger partial charge in [-0.25, -0.2) is 4.98 Å². The molecule has 0 atom stereocenters. The highest BCUT2D eigenvalue weighted by Gasteiger charge is 2.09. The number of hydrogen-bond acceptors (Lipinski definition) is 5. The average Bonchev–Trinajstić information content (AvgIpc) is 3.26. The molecular weight excluding hydrogens is 338 g/mol. The van der Waals surface area contributed by atoms with Crippen molar-refractivity contribution in [2.45, 2.75) is 13.3 Å². The van der Waals surface area contributed by atoms with Gasteiger partial charge in [-0.3, -0.25) is 9.59 Å². The maximum atomic E-state index is 12.0. The molecule has 0 aliphatic rings. The molecule has 2 amide bonds. The first-order chi connectivity index (χ1) is 12.1. The van der Waals surface area contributed by atoms with E-state index in [9.17, 15) is 9.59 Å². The molecule has 2 N–H and O–H groups in total. The van der Waals surface area contributed by atoms with Gasteiger partial charge in [0.1, 0.15) is 0 Å². The zero-order valence-electron chi connectivity index (χ0n) is 13.6. The summed E-state index contributed by atoms with van der Waals surface area (Å²) in [5, 5.41) is 8.45. The van der Waals surface area contributed by atoms with Crippen LogP contribution in [-0.4, -0.2) is 23.3 Å². The van der Waals surface area contributed by atoms with Gasteiger partial charge in [-0.1, -0.05) is 12.1 Å². The Morgan fingerprint density at radius 2 is 2.12 bits per heavy atom. The van der Waals surface area contributed by atoms with E-state index in [0.29, 0.717) is 5.69 Å². The van der Waals surface area contributed by atoms with E-state index in [0.717, 1.165) is 16.3 Å². The number of anilines is 1. The van der Waals surface area contributed by atoms with Crippen LogP contribution in [0.5, 0.6) is 0 Å². The van der Waals surface area contributed by atoms with Crippen molar-refractivity contribution in [1.29, 1.82) is 0 Å². The molecule has 0 bridgehead atoms. The Bertz CT molecular complexity index is 871. The topological polar surface area (TPSA) is 84.2 Å². The van der Waals surface area contributed by atoms with Crippen LogP contribution in [-0.2, 0) is 4.79 Å². The van der Waals surface area contributed by atoms with Crippen LogP contribution in [0.15, 0.2) is 52.5 Å². The second kappa shape index (κ2) is 7.76. The summed E-state index contributed by atoms with van der Waals surface area (Å²) in [5.41, 5.74) is 2.54. The molecule has 0 spiro atoms. The lowest BCUT2D eigenvalue weighted by molar-refractivity contribution is -0.116. The number of amides is 2. The van der Waals surface area contributed by atoms with Crippen molar-refractivity contribution >= 4 is 28.8 Å². The number of aryl methyl sites for hydroxylation is 1. The molecule has 0 unspecified atom stereocenters. The fourth-order valence-electron chi connectivity index (χ4n) is 2.26. The number of thiazole rings is 1. The van der Waals surface area contributed by atoms with Gasteiger partial charge in [0.05, 0.1) is 17.0 Å². The van der Waals surface area contributed by atoms with Crippen LogP contribution in [0.1, 0.15) is 22.0 Å². The van der Waals surface area contributed by atoms with E-state index in [1.165, 1.54) is 6.26 Å². The van der Waals surface area contributed by atoms with E-state index in [4.69, 9.17) is 4.42 Å². The monoisotopic (exact) mass is 355 g/mol. The first-order valence-electron chi connectivity index (χ1n) is 7.76. The molecule has 0 saturated heterocycles. The molecule has 7 heteroatoms. The molecule has 0 radical (unpaired) electrons. The second-order valence-corrected chi connectivity index (χ2v) is 6.43. The zero-order valence-corrected chi connectivity index (χ0v) is 14.4. The van der Waals surface area contributed by atoms with E-state index in [2.05, 4.69) is 15.6 Å². The summed E-state index contributed by atoms with van der Waals surface area (Å²) in [5.74, 6) is -0.281. The van der Waals surface area contributed by atoms with Gasteiger partial charge in [-0.05, 0) is 31.2 Å². The van der Waals surface area contributed by atoms with Crippen LogP contribution < -0.4 is 10.6 Å². The van der Waals surface area contributed by atoms with Crippen LogP contribution in [0, 0.1) is 6.92 Å². The Morgan fingerprint density at radius 1 is 1.24 bits per heavy atom. The van der Waals surface area contributed by atoms with Crippen LogP contribution >= 0.6 is 11.3 Å². The van der Waals surface area contributed by atoms with Crippen molar-refractivity contribution < 1.29 is 14.0 Å². The average molecular weight is 355 g/mol. The molecule has 2 aromatic heterocycles. The number of aromatic nitrogens is 1. The fourth-order valence-corrected chi connectivity index (χ4v) is 2.88. The molecule has 2 heterocycles. The van der Waals surface area contributed by atoms with Gasteiger partial charge < -0.3 is 15.1 Å². The molecular formula is C18H17N3O3S. The summed E-state index contributed by atoms with van der Waals surface area (Å²) < 4.78 is 4.99. The maximum Gasteiger partial charge on any atom is 0.286 e. The minimum Gasteiger partial charge on any atom is -0.459 e. The van der Waals surface area contributed by atoms with E-state index in [-0.39, 0.29) is 30.5 Å². The SMILES string of the molecule is Cc1nc(-c2cccc(NC(=O)CCNC(=O)c3ccco3)c2)cs1. The highest BCUT2D eigenvalue weighted by atomic mass is 32.1. The quantitative estimate of drug-likeness (QED) is 0.709. The number of rotatable bonds is 6. The Morgan fingerprint density at radius 3 is 2.84 bits per heavy atom. The molecule has 0 saturated carbocycles. The molecule has 0 aliphatic carbocycles. The molecule has 3 rings (SSSR count). The van der Waals surface area contributed by atoms with Crippen LogP contribution in [0.25, 0.3) is 11.3 Å². The summed E-state index contributed by atoms with van der Waals surface area (Å²) in [6.45, 7) is 2.19. The first kappa shape index (κ1) is 16.9. The molecule has 0 fully saturated rings. The smallest absolute Gasteiger partial charge is 0.286 e. The van der Waals surface area contributed by atoms with Crippen molar-refractivity contribution in [2.75, 3.05) is 11.9 Å². The highest BCUT2D eigenvalue weighted by Crippen LogP contribution is 2.24. The Labute approximate surface area is 148 Å². The van der Waals surface area contributed by atoms with Gasteiger partial charge in [-0.15, -0.1) is 11.3 Å². The first-order valence-corrected chi connectivity index (χ1v) is 8.64. The van der Waals surface area contributed by atoms with Gasteiger partial charge in [0.15, 0.2) is 5.76 Å². The van der Waals surface area contributed by atoms with Gasteiger partial charge in [0.25, 0.3) is 5.91 Å². The lowest BCUT2D eigenvalue weighted by Gasteiger charge is -2.07. The summed E-state index contributed by atoms with van der Waals surface area (Å²) in [6.07, 6.45) is 1.60. The zero-order chi connectivity index (χ0) is 17.6. The van der Waals surface area contributed by atoms with Gasteiger partial charge >= 0.3 is 0 Å². The number of hydrogen-bond donors (Lipinski definition) is 2. The third kappa shape index (κ3) is 4.54. The number of carbonyl (C=O) groups is 2. The normalized spacial score (nSPS) is 10.4. The summed E-state index contributed by atoms with van der Waals surface area (Å²) in [6, 6.07) is 10.7. The van der Waals surface area contributed by atoms with E-state index in [1.807, 2.05) is 36.6 Å². The lowest BCUT2D eigenvalue weighted by Crippen LogP contribution is -2.27. The lowest BCUT2D eigenvalue weighted by atomic mass is 10.1. The summed E-state index contributed by atoms with van der Waals surface area (Å²) in [4.78, 5) is 28.2. The molecule has 3 aromatic rings. The van der Waals surface area contributed by atoms with E-state index in [1.54, 1.807) is 23.5 Å². The number of furan rings is 1. The van der Waals surface area contributed by atoms with Crippen molar-refractivity contribution in [3.05, 3.63) is 58.8 Å². The number of carbonyl (C=O) groups excluding carboxylic acids is 2. The summed E-state index contributed by atoms with van der Waals surface area (Å²) in [7, 11) is 0. The predicted octanol–water partition coefficient (Wildman–Crippen LogP) is 3.47. The largest absolute Gasteiger partial charge is 0.459 e. The van der Waals surface area contributed by atoms with Gasteiger partial charge in [0.2, 0.25) is 5.91 Å². The third-order valence-corrected chi connectivity index (χ3v) is 4.22.